The van der Waals surface area contributed by atoms with Crippen LogP contribution in [0, 0.1) is 0 Å². The maximum absolute atomic E-state index is 12.5. The molecule has 5 nitrogen and oxygen atoms in total. The predicted octanol–water partition coefficient (Wildman–Crippen LogP) is 2.32. The summed E-state index contributed by atoms with van der Waals surface area (Å²) >= 11 is 0. The molecule has 0 bridgehead atoms. The molecule has 2 rings (SSSR count). The van der Waals surface area contributed by atoms with Gasteiger partial charge in [0.1, 0.15) is 5.69 Å². The third-order valence-corrected chi connectivity index (χ3v) is 2.77. The molecule has 0 amide bonds. The first-order valence-electron chi connectivity index (χ1n) is 5.79. The normalized spacial score (nSPS) is 11.4. The monoisotopic (exact) mass is 297 g/mol. The molecule has 0 aromatic carbocycles. The fourth-order valence-electron chi connectivity index (χ4n) is 1.74. The molecular weight excluding hydrogens is 287 g/mol. The molecule has 3 N–H and O–H groups in total. The quantitative estimate of drug-likeness (QED) is 0.907. The lowest BCUT2D eigenvalue weighted by molar-refractivity contribution is -0.141. The lowest BCUT2D eigenvalue weighted by Crippen LogP contribution is -2.08. The van der Waals surface area contributed by atoms with Gasteiger partial charge in [0.2, 0.25) is 0 Å². The molecule has 0 aliphatic heterocycles. The van der Waals surface area contributed by atoms with Crippen molar-refractivity contribution < 1.29 is 23.1 Å². The number of hydrogen-bond donors (Lipinski definition) is 2. The molecule has 0 spiro atoms. The van der Waals surface area contributed by atoms with Crippen LogP contribution in [0.4, 0.5) is 13.2 Å². The van der Waals surface area contributed by atoms with Gasteiger partial charge >= 0.3 is 12.1 Å². The second kappa shape index (κ2) is 5.49. The molecule has 8 heteroatoms. The van der Waals surface area contributed by atoms with Crippen molar-refractivity contribution >= 4 is 5.97 Å². The van der Waals surface area contributed by atoms with Crippen LogP contribution in [0.2, 0.25) is 0 Å². The van der Waals surface area contributed by atoms with Crippen molar-refractivity contribution in [3.05, 3.63) is 47.5 Å². The fraction of sp³-hybridized carbons (Fsp3) is 0.154. The summed E-state index contributed by atoms with van der Waals surface area (Å²) in [6, 6.07) is 3.38. The highest BCUT2D eigenvalue weighted by Crippen LogP contribution is 2.30. The molecular formula is C13H10F3N3O2. The molecule has 0 unspecified atom stereocenters. The van der Waals surface area contributed by atoms with Gasteiger partial charge in [-0.3, -0.25) is 9.97 Å². The zero-order valence-corrected chi connectivity index (χ0v) is 10.6. The first kappa shape index (κ1) is 14.9. The first-order chi connectivity index (χ1) is 9.82. The molecule has 21 heavy (non-hydrogen) atoms. The van der Waals surface area contributed by atoms with E-state index in [9.17, 15) is 18.0 Å². The first-order valence-corrected chi connectivity index (χ1v) is 5.79. The minimum absolute atomic E-state index is 0.0843. The minimum Gasteiger partial charge on any atom is -0.478 e. The highest BCUT2D eigenvalue weighted by molar-refractivity contribution is 5.95. The van der Waals surface area contributed by atoms with Gasteiger partial charge in [-0.05, 0) is 12.1 Å². The van der Waals surface area contributed by atoms with Gasteiger partial charge in [-0.25, -0.2) is 4.79 Å². The lowest BCUT2D eigenvalue weighted by atomic mass is 10.0. The van der Waals surface area contributed by atoms with Gasteiger partial charge in [0.05, 0.1) is 11.3 Å². The van der Waals surface area contributed by atoms with Crippen LogP contribution in [0.1, 0.15) is 21.7 Å². The summed E-state index contributed by atoms with van der Waals surface area (Å²) in [5.74, 6) is -1.24. The maximum Gasteiger partial charge on any atom is 0.433 e. The number of aromatic carboxylic acids is 1. The van der Waals surface area contributed by atoms with E-state index in [0.717, 1.165) is 24.5 Å². The van der Waals surface area contributed by atoms with Crippen molar-refractivity contribution in [1.82, 2.24) is 9.97 Å². The number of nitrogens with two attached hydrogens (primary N) is 1. The van der Waals surface area contributed by atoms with E-state index in [0.29, 0.717) is 5.69 Å². The Hall–Kier alpha value is -2.48. The van der Waals surface area contributed by atoms with Crippen molar-refractivity contribution in [2.24, 2.45) is 5.73 Å². The Morgan fingerprint density at radius 3 is 2.43 bits per heavy atom. The standard InChI is InChI=1S/C13H10F3N3O2/c14-13(15,16)11-2-1-7(5-19-11)9-3-8(4-17)18-6-10(9)12(20)21/h1-3,5-6H,4,17H2,(H,20,21). The molecule has 2 aromatic heterocycles. The Morgan fingerprint density at radius 1 is 1.24 bits per heavy atom. The molecule has 0 aliphatic rings. The topological polar surface area (TPSA) is 89.1 Å². The van der Waals surface area contributed by atoms with Crippen LogP contribution >= 0.6 is 0 Å². The summed E-state index contributed by atoms with van der Waals surface area (Å²) in [5.41, 5.74) is 5.15. The van der Waals surface area contributed by atoms with E-state index < -0.39 is 17.8 Å². The minimum atomic E-state index is -4.55. The Morgan fingerprint density at radius 2 is 1.95 bits per heavy atom. The number of pyridine rings is 2. The van der Waals surface area contributed by atoms with Gasteiger partial charge in [0.25, 0.3) is 0 Å². The number of carboxylic acids is 1. The second-order valence-electron chi connectivity index (χ2n) is 4.16. The Balaban J connectivity index is 2.52. The number of hydrogen-bond acceptors (Lipinski definition) is 4. The predicted molar refractivity (Wildman–Crippen MR) is 67.3 cm³/mol. The van der Waals surface area contributed by atoms with Crippen LogP contribution in [-0.2, 0) is 12.7 Å². The van der Waals surface area contributed by atoms with Crippen molar-refractivity contribution in [2.75, 3.05) is 0 Å². The average molecular weight is 297 g/mol. The number of aromatic nitrogens is 2. The van der Waals surface area contributed by atoms with Crippen LogP contribution in [0.15, 0.2) is 30.6 Å². The smallest absolute Gasteiger partial charge is 0.433 e. The summed E-state index contributed by atoms with van der Waals surface area (Å²) in [7, 11) is 0. The highest BCUT2D eigenvalue weighted by Gasteiger charge is 2.32. The molecule has 0 saturated heterocycles. The third-order valence-electron chi connectivity index (χ3n) is 2.77. The van der Waals surface area contributed by atoms with Crippen LogP contribution in [0.3, 0.4) is 0 Å². The molecule has 2 heterocycles. The SMILES string of the molecule is NCc1cc(-c2ccc(C(F)(F)F)nc2)c(C(=O)O)cn1. The molecule has 0 saturated carbocycles. The summed E-state index contributed by atoms with van der Waals surface area (Å²) in [4.78, 5) is 18.3. The van der Waals surface area contributed by atoms with E-state index in [-0.39, 0.29) is 23.2 Å². The maximum atomic E-state index is 12.5. The number of nitrogens with zero attached hydrogens (tertiary/aromatic N) is 2. The largest absolute Gasteiger partial charge is 0.478 e. The number of halogens is 3. The summed E-state index contributed by atoms with van der Waals surface area (Å²) in [6.45, 7) is 0.0843. The van der Waals surface area contributed by atoms with E-state index in [1.807, 2.05) is 0 Å². The number of alkyl halides is 3. The van der Waals surface area contributed by atoms with Gasteiger partial charge in [-0.15, -0.1) is 0 Å². The Bertz CT molecular complexity index is 669. The molecule has 0 aliphatic carbocycles. The zero-order chi connectivity index (χ0) is 15.6. The summed E-state index contributed by atoms with van der Waals surface area (Å²) in [6.07, 6.45) is -2.45. The lowest BCUT2D eigenvalue weighted by Gasteiger charge is -2.09. The molecule has 0 radical (unpaired) electrons. The van der Waals surface area contributed by atoms with Crippen LogP contribution < -0.4 is 5.73 Å². The Labute approximate surface area is 117 Å². The van der Waals surface area contributed by atoms with Gasteiger partial charge in [0.15, 0.2) is 0 Å². The van der Waals surface area contributed by atoms with E-state index in [2.05, 4.69) is 9.97 Å². The zero-order valence-electron chi connectivity index (χ0n) is 10.6. The van der Waals surface area contributed by atoms with E-state index in [4.69, 9.17) is 10.8 Å². The van der Waals surface area contributed by atoms with Crippen LogP contribution in [-0.4, -0.2) is 21.0 Å². The van der Waals surface area contributed by atoms with Gasteiger partial charge in [0, 0.05) is 30.1 Å². The Kier molecular flexibility index (Phi) is 3.90. The van der Waals surface area contributed by atoms with Crippen molar-refractivity contribution in [1.29, 1.82) is 0 Å². The van der Waals surface area contributed by atoms with E-state index in [1.165, 1.54) is 6.07 Å². The molecule has 110 valence electrons. The summed E-state index contributed by atoms with van der Waals surface area (Å²) in [5, 5.41) is 9.10. The number of rotatable bonds is 3. The van der Waals surface area contributed by atoms with Gasteiger partial charge in [-0.2, -0.15) is 13.2 Å². The van der Waals surface area contributed by atoms with E-state index >= 15 is 0 Å². The average Bonchev–Trinajstić information content (AvgIpc) is 2.45. The van der Waals surface area contributed by atoms with Gasteiger partial charge in [-0.1, -0.05) is 6.07 Å². The number of carbonyl (C=O) groups is 1. The highest BCUT2D eigenvalue weighted by atomic mass is 19.4. The van der Waals surface area contributed by atoms with Crippen molar-refractivity contribution in [3.8, 4) is 11.1 Å². The van der Waals surface area contributed by atoms with Crippen LogP contribution in [0.25, 0.3) is 11.1 Å². The van der Waals surface area contributed by atoms with Crippen LogP contribution in [0.5, 0.6) is 0 Å². The van der Waals surface area contributed by atoms with E-state index in [1.54, 1.807) is 0 Å². The number of carboxylic acid groups (broad SMARTS) is 1. The molecule has 0 fully saturated rings. The molecule has 0 atom stereocenters. The van der Waals surface area contributed by atoms with Crippen molar-refractivity contribution in [2.45, 2.75) is 12.7 Å². The molecule has 2 aromatic rings. The summed E-state index contributed by atoms with van der Waals surface area (Å²) < 4.78 is 37.4. The fourth-order valence-corrected chi connectivity index (χ4v) is 1.74. The van der Waals surface area contributed by atoms with Crippen molar-refractivity contribution in [3.63, 3.8) is 0 Å². The second-order valence-corrected chi connectivity index (χ2v) is 4.16. The van der Waals surface area contributed by atoms with Gasteiger partial charge < -0.3 is 10.8 Å². The third kappa shape index (κ3) is 3.16.